The second-order valence-electron chi connectivity index (χ2n) is 4.97. The fourth-order valence-electron chi connectivity index (χ4n) is 2.30. The third kappa shape index (κ3) is 5.02. The molecule has 1 fully saturated rings. The maximum Gasteiger partial charge on any atom is 0.251 e. The lowest BCUT2D eigenvalue weighted by Gasteiger charge is -2.10. The Labute approximate surface area is 131 Å². The molecule has 1 saturated heterocycles. The van der Waals surface area contributed by atoms with Crippen LogP contribution in [0.1, 0.15) is 29.3 Å². The van der Waals surface area contributed by atoms with Crippen LogP contribution in [0.15, 0.2) is 24.3 Å². The van der Waals surface area contributed by atoms with Crippen LogP contribution in [-0.4, -0.2) is 31.4 Å². The molecule has 0 saturated carbocycles. The van der Waals surface area contributed by atoms with Gasteiger partial charge in [-0.25, -0.2) is 0 Å². The van der Waals surface area contributed by atoms with Gasteiger partial charge in [0.25, 0.3) is 5.91 Å². The number of nitrogens with one attached hydrogen (secondary N) is 3. The summed E-state index contributed by atoms with van der Waals surface area (Å²) in [4.78, 5) is 23.6. The average molecular weight is 312 g/mol. The van der Waals surface area contributed by atoms with Crippen molar-refractivity contribution < 1.29 is 9.59 Å². The predicted octanol–water partition coefficient (Wildman–Crippen LogP) is 1.08. The minimum absolute atomic E-state index is 0. The standard InChI is InChI=1S/C15H21N3O2.ClH/c1-2-17-14(19)12-5-3-4-11(8-12)9-18-15(20)13-6-7-16-10-13;/h3-5,8,13,16H,2,6-7,9-10H2,1H3,(H,17,19)(H,18,20);1H. The molecule has 1 atom stereocenters. The summed E-state index contributed by atoms with van der Waals surface area (Å²) >= 11 is 0. The van der Waals surface area contributed by atoms with Gasteiger partial charge in [0.1, 0.15) is 0 Å². The molecule has 0 spiro atoms. The van der Waals surface area contributed by atoms with Gasteiger partial charge in [-0.2, -0.15) is 0 Å². The molecule has 1 aliphatic heterocycles. The van der Waals surface area contributed by atoms with Gasteiger partial charge < -0.3 is 16.0 Å². The minimum Gasteiger partial charge on any atom is -0.352 e. The molecule has 3 N–H and O–H groups in total. The predicted molar refractivity (Wildman–Crippen MR) is 84.5 cm³/mol. The second-order valence-corrected chi connectivity index (χ2v) is 4.97. The van der Waals surface area contributed by atoms with E-state index < -0.39 is 0 Å². The quantitative estimate of drug-likeness (QED) is 0.762. The lowest BCUT2D eigenvalue weighted by Crippen LogP contribution is -2.31. The first-order valence-corrected chi connectivity index (χ1v) is 7.06. The molecule has 0 aliphatic carbocycles. The largest absolute Gasteiger partial charge is 0.352 e. The van der Waals surface area contributed by atoms with Crippen molar-refractivity contribution in [2.75, 3.05) is 19.6 Å². The molecular formula is C15H22ClN3O2. The van der Waals surface area contributed by atoms with Gasteiger partial charge in [-0.3, -0.25) is 9.59 Å². The first-order valence-electron chi connectivity index (χ1n) is 7.06. The molecule has 1 unspecified atom stereocenters. The number of carbonyl (C=O) groups is 2. The van der Waals surface area contributed by atoms with Crippen molar-refractivity contribution in [3.8, 4) is 0 Å². The van der Waals surface area contributed by atoms with Crippen LogP contribution in [0.4, 0.5) is 0 Å². The van der Waals surface area contributed by atoms with Gasteiger partial charge >= 0.3 is 0 Å². The third-order valence-electron chi connectivity index (χ3n) is 3.42. The van der Waals surface area contributed by atoms with Gasteiger partial charge in [0.2, 0.25) is 5.91 Å². The molecular weight excluding hydrogens is 290 g/mol. The van der Waals surface area contributed by atoms with Crippen LogP contribution in [0, 0.1) is 5.92 Å². The van der Waals surface area contributed by atoms with E-state index >= 15 is 0 Å². The first-order chi connectivity index (χ1) is 9.70. The summed E-state index contributed by atoms with van der Waals surface area (Å²) in [6, 6.07) is 7.34. The smallest absolute Gasteiger partial charge is 0.251 e. The van der Waals surface area contributed by atoms with E-state index in [0.717, 1.165) is 25.1 Å². The number of halogens is 1. The molecule has 1 aliphatic rings. The second kappa shape index (κ2) is 8.64. The van der Waals surface area contributed by atoms with Crippen molar-refractivity contribution in [2.24, 2.45) is 5.92 Å². The van der Waals surface area contributed by atoms with Crippen molar-refractivity contribution >= 4 is 24.2 Å². The molecule has 1 aromatic rings. The van der Waals surface area contributed by atoms with E-state index in [1.807, 2.05) is 25.1 Å². The SMILES string of the molecule is CCNC(=O)c1cccc(CNC(=O)C2CCNC2)c1.Cl. The number of hydrogen-bond acceptors (Lipinski definition) is 3. The van der Waals surface area contributed by atoms with E-state index in [2.05, 4.69) is 16.0 Å². The van der Waals surface area contributed by atoms with Crippen LogP contribution in [0.2, 0.25) is 0 Å². The average Bonchev–Trinajstić information content (AvgIpc) is 2.99. The zero-order chi connectivity index (χ0) is 14.4. The third-order valence-corrected chi connectivity index (χ3v) is 3.42. The maximum atomic E-state index is 11.9. The molecule has 5 nitrogen and oxygen atoms in total. The molecule has 2 rings (SSSR count). The maximum absolute atomic E-state index is 11.9. The topological polar surface area (TPSA) is 70.2 Å². The van der Waals surface area contributed by atoms with Crippen LogP contribution < -0.4 is 16.0 Å². The molecule has 0 radical (unpaired) electrons. The Morgan fingerprint density at radius 2 is 2.14 bits per heavy atom. The lowest BCUT2D eigenvalue weighted by atomic mass is 10.1. The Balaban J connectivity index is 0.00000220. The van der Waals surface area contributed by atoms with Crippen LogP contribution in [0.3, 0.4) is 0 Å². The normalized spacial score (nSPS) is 16.9. The van der Waals surface area contributed by atoms with Crippen LogP contribution >= 0.6 is 12.4 Å². The van der Waals surface area contributed by atoms with Crippen molar-refractivity contribution in [1.29, 1.82) is 0 Å². The molecule has 116 valence electrons. The Morgan fingerprint density at radius 1 is 1.33 bits per heavy atom. The van der Waals surface area contributed by atoms with Gasteiger partial charge in [-0.1, -0.05) is 12.1 Å². The highest BCUT2D eigenvalue weighted by molar-refractivity contribution is 5.94. The monoisotopic (exact) mass is 311 g/mol. The van der Waals surface area contributed by atoms with Crippen LogP contribution in [-0.2, 0) is 11.3 Å². The number of amides is 2. The number of benzene rings is 1. The molecule has 21 heavy (non-hydrogen) atoms. The zero-order valence-electron chi connectivity index (χ0n) is 12.1. The molecule has 6 heteroatoms. The van der Waals surface area contributed by atoms with Gasteiger partial charge in [-0.15, -0.1) is 12.4 Å². The van der Waals surface area contributed by atoms with Gasteiger partial charge in [0, 0.05) is 25.2 Å². The number of rotatable bonds is 5. The zero-order valence-corrected chi connectivity index (χ0v) is 13.0. The number of carbonyl (C=O) groups excluding carboxylic acids is 2. The Bertz CT molecular complexity index is 488. The van der Waals surface area contributed by atoms with E-state index in [4.69, 9.17) is 0 Å². The highest BCUT2D eigenvalue weighted by atomic mass is 35.5. The summed E-state index contributed by atoms with van der Waals surface area (Å²) in [7, 11) is 0. The summed E-state index contributed by atoms with van der Waals surface area (Å²) in [5.74, 6) is 0.0701. The van der Waals surface area contributed by atoms with Crippen molar-refractivity contribution in [2.45, 2.75) is 19.9 Å². The van der Waals surface area contributed by atoms with E-state index in [0.29, 0.717) is 18.7 Å². The Morgan fingerprint density at radius 3 is 2.81 bits per heavy atom. The number of hydrogen-bond donors (Lipinski definition) is 3. The fourth-order valence-corrected chi connectivity index (χ4v) is 2.30. The first kappa shape index (κ1) is 17.5. The van der Waals surface area contributed by atoms with E-state index in [1.165, 1.54) is 0 Å². The van der Waals surface area contributed by atoms with Gasteiger partial charge in [-0.05, 0) is 37.6 Å². The van der Waals surface area contributed by atoms with Crippen molar-refractivity contribution in [3.63, 3.8) is 0 Å². The van der Waals surface area contributed by atoms with E-state index in [9.17, 15) is 9.59 Å². The molecule has 1 aromatic carbocycles. The molecule has 2 amide bonds. The fraction of sp³-hybridized carbons (Fsp3) is 0.467. The van der Waals surface area contributed by atoms with E-state index in [-0.39, 0.29) is 30.1 Å². The van der Waals surface area contributed by atoms with Crippen LogP contribution in [0.25, 0.3) is 0 Å². The highest BCUT2D eigenvalue weighted by Crippen LogP contribution is 2.09. The Kier molecular flexibility index (Phi) is 7.19. The summed E-state index contributed by atoms with van der Waals surface area (Å²) < 4.78 is 0. The van der Waals surface area contributed by atoms with Gasteiger partial charge in [0.15, 0.2) is 0 Å². The van der Waals surface area contributed by atoms with E-state index in [1.54, 1.807) is 6.07 Å². The van der Waals surface area contributed by atoms with Crippen molar-refractivity contribution in [3.05, 3.63) is 35.4 Å². The molecule has 0 bridgehead atoms. The molecule has 0 aromatic heterocycles. The summed E-state index contributed by atoms with van der Waals surface area (Å²) in [5, 5.41) is 8.87. The van der Waals surface area contributed by atoms with Gasteiger partial charge in [0.05, 0.1) is 5.92 Å². The lowest BCUT2D eigenvalue weighted by molar-refractivity contribution is -0.124. The highest BCUT2D eigenvalue weighted by Gasteiger charge is 2.21. The minimum atomic E-state index is -0.0827. The van der Waals surface area contributed by atoms with Crippen molar-refractivity contribution in [1.82, 2.24) is 16.0 Å². The summed E-state index contributed by atoms with van der Waals surface area (Å²) in [6.07, 6.45) is 0.894. The molecule has 1 heterocycles. The Hall–Kier alpha value is -1.59. The summed E-state index contributed by atoms with van der Waals surface area (Å²) in [6.45, 7) is 4.62. The summed E-state index contributed by atoms with van der Waals surface area (Å²) in [5.41, 5.74) is 1.56. The van der Waals surface area contributed by atoms with Crippen LogP contribution in [0.5, 0.6) is 0 Å².